The lowest BCUT2D eigenvalue weighted by Crippen LogP contribution is -2.45. The molecule has 1 heterocycles. The summed E-state index contributed by atoms with van der Waals surface area (Å²) in [7, 11) is 3.33. The predicted octanol–water partition coefficient (Wildman–Crippen LogP) is 1.54. The van der Waals surface area contributed by atoms with Crippen LogP contribution in [0.25, 0.3) is 0 Å². The molecule has 1 fully saturated rings. The first-order valence-electron chi connectivity index (χ1n) is 6.35. The van der Waals surface area contributed by atoms with Gasteiger partial charge in [0, 0.05) is 33.6 Å². The van der Waals surface area contributed by atoms with E-state index in [-0.39, 0.29) is 12.5 Å². The molecule has 1 saturated heterocycles. The van der Waals surface area contributed by atoms with Gasteiger partial charge in [-0.1, -0.05) is 12.2 Å². The van der Waals surface area contributed by atoms with Gasteiger partial charge in [0.15, 0.2) is 5.79 Å². The minimum Gasteiger partial charge on any atom is -0.481 e. The molecule has 104 valence electrons. The zero-order chi connectivity index (χ0) is 13.4. The van der Waals surface area contributed by atoms with Gasteiger partial charge in [-0.15, -0.1) is 0 Å². The molecule has 1 rings (SSSR count). The monoisotopic (exact) mass is 257 g/mol. The topological polar surface area (TPSA) is 67.8 Å². The van der Waals surface area contributed by atoms with Crippen molar-refractivity contribution in [1.82, 2.24) is 5.32 Å². The van der Waals surface area contributed by atoms with Crippen LogP contribution in [0.3, 0.4) is 0 Å². The van der Waals surface area contributed by atoms with Crippen molar-refractivity contribution < 1.29 is 19.4 Å². The number of hydrogen-bond donors (Lipinski definition) is 2. The first-order valence-corrected chi connectivity index (χ1v) is 6.35. The van der Waals surface area contributed by atoms with E-state index in [2.05, 4.69) is 11.4 Å². The minimum absolute atomic E-state index is 0.156. The van der Waals surface area contributed by atoms with Gasteiger partial charge in [-0.3, -0.25) is 4.79 Å². The van der Waals surface area contributed by atoms with Crippen LogP contribution < -0.4 is 5.32 Å². The Bertz CT molecular complexity index is 287. The average Bonchev–Trinajstić information content (AvgIpc) is 2.76. The molecule has 0 unspecified atom stereocenters. The van der Waals surface area contributed by atoms with Crippen LogP contribution in [-0.4, -0.2) is 43.7 Å². The number of carboxylic acid groups (broad SMARTS) is 1. The Morgan fingerprint density at radius 1 is 1.44 bits per heavy atom. The maximum atomic E-state index is 10.3. The van der Waals surface area contributed by atoms with E-state index in [1.165, 1.54) is 0 Å². The van der Waals surface area contributed by atoms with Crippen LogP contribution in [0, 0.1) is 0 Å². The first kappa shape index (κ1) is 15.1. The normalized spacial score (nSPS) is 22.7. The Morgan fingerprint density at radius 3 is 2.78 bits per heavy atom. The SMILES string of the molecule is COC1(OC)CCN[C@H]1CC=CCCCC(=O)O. The van der Waals surface area contributed by atoms with E-state index in [9.17, 15) is 4.79 Å². The number of ether oxygens (including phenoxy) is 2. The van der Waals surface area contributed by atoms with E-state index in [0.29, 0.717) is 6.42 Å². The third-order valence-corrected chi connectivity index (χ3v) is 3.39. The van der Waals surface area contributed by atoms with Gasteiger partial charge in [0.1, 0.15) is 0 Å². The van der Waals surface area contributed by atoms with Crippen LogP contribution in [0.4, 0.5) is 0 Å². The molecule has 0 bridgehead atoms. The highest BCUT2D eigenvalue weighted by atomic mass is 16.7. The second-order valence-electron chi connectivity index (χ2n) is 4.47. The highest BCUT2D eigenvalue weighted by Crippen LogP contribution is 2.28. The van der Waals surface area contributed by atoms with Gasteiger partial charge in [0.2, 0.25) is 0 Å². The van der Waals surface area contributed by atoms with Crippen molar-refractivity contribution in [2.24, 2.45) is 0 Å². The molecule has 0 aromatic carbocycles. The van der Waals surface area contributed by atoms with Gasteiger partial charge >= 0.3 is 5.97 Å². The summed E-state index contributed by atoms with van der Waals surface area (Å²) in [5, 5.41) is 11.9. The number of aliphatic carboxylic acids is 1. The summed E-state index contributed by atoms with van der Waals surface area (Å²) in [6.45, 7) is 0.888. The van der Waals surface area contributed by atoms with E-state index in [1.54, 1.807) is 14.2 Å². The first-order chi connectivity index (χ1) is 8.64. The van der Waals surface area contributed by atoms with Crippen LogP contribution in [0.2, 0.25) is 0 Å². The predicted molar refractivity (Wildman–Crippen MR) is 68.4 cm³/mol. The van der Waals surface area contributed by atoms with Crippen molar-refractivity contribution in [2.45, 2.75) is 43.9 Å². The van der Waals surface area contributed by atoms with E-state index < -0.39 is 11.8 Å². The molecule has 0 aromatic heterocycles. The molecule has 0 spiro atoms. The van der Waals surface area contributed by atoms with E-state index in [0.717, 1.165) is 25.8 Å². The Hall–Kier alpha value is -0.910. The Morgan fingerprint density at radius 2 is 2.17 bits per heavy atom. The summed E-state index contributed by atoms with van der Waals surface area (Å²) >= 11 is 0. The standard InChI is InChI=1S/C13H23NO4/c1-17-13(18-2)9-10-14-11(13)7-5-3-4-6-8-12(15)16/h3,5,11,14H,4,6-10H2,1-2H3,(H,15,16)/t11-/m0/s1. The summed E-state index contributed by atoms with van der Waals surface area (Å²) in [5.41, 5.74) is 0. The van der Waals surface area contributed by atoms with E-state index >= 15 is 0 Å². The number of rotatable bonds is 8. The molecule has 0 aromatic rings. The summed E-state index contributed by atoms with van der Waals surface area (Å²) < 4.78 is 10.9. The highest BCUT2D eigenvalue weighted by Gasteiger charge is 2.42. The molecule has 2 N–H and O–H groups in total. The van der Waals surface area contributed by atoms with Crippen molar-refractivity contribution in [3.8, 4) is 0 Å². The van der Waals surface area contributed by atoms with Gasteiger partial charge < -0.3 is 19.9 Å². The molecule has 0 radical (unpaired) electrons. The van der Waals surface area contributed by atoms with Crippen molar-refractivity contribution in [2.75, 3.05) is 20.8 Å². The zero-order valence-corrected chi connectivity index (χ0v) is 11.1. The number of hydrogen-bond acceptors (Lipinski definition) is 4. The summed E-state index contributed by atoms with van der Waals surface area (Å²) in [4.78, 5) is 10.3. The Balaban J connectivity index is 2.29. The average molecular weight is 257 g/mol. The van der Waals surface area contributed by atoms with Crippen LogP contribution in [0.5, 0.6) is 0 Å². The van der Waals surface area contributed by atoms with Crippen LogP contribution >= 0.6 is 0 Å². The fraction of sp³-hybridized carbons (Fsp3) is 0.769. The van der Waals surface area contributed by atoms with Gasteiger partial charge in [0.05, 0.1) is 6.04 Å². The van der Waals surface area contributed by atoms with Crippen LogP contribution in [0.1, 0.15) is 32.1 Å². The molecule has 0 amide bonds. The van der Waals surface area contributed by atoms with Gasteiger partial charge in [-0.2, -0.15) is 0 Å². The number of carbonyl (C=O) groups is 1. The summed E-state index contributed by atoms with van der Waals surface area (Å²) in [5.74, 6) is -1.26. The Kier molecular flexibility index (Phi) is 6.32. The number of methoxy groups -OCH3 is 2. The molecule has 18 heavy (non-hydrogen) atoms. The fourth-order valence-electron chi connectivity index (χ4n) is 2.31. The maximum absolute atomic E-state index is 10.3. The highest BCUT2D eigenvalue weighted by molar-refractivity contribution is 5.66. The van der Waals surface area contributed by atoms with Crippen molar-refractivity contribution >= 4 is 5.97 Å². The summed E-state index contributed by atoms with van der Waals surface area (Å²) in [6, 6.07) is 0.156. The van der Waals surface area contributed by atoms with Crippen molar-refractivity contribution in [1.29, 1.82) is 0 Å². The molecule has 0 aliphatic carbocycles. The minimum atomic E-state index is -0.737. The lowest BCUT2D eigenvalue weighted by atomic mass is 10.0. The second kappa shape index (κ2) is 7.51. The quantitative estimate of drug-likeness (QED) is 0.392. The third-order valence-electron chi connectivity index (χ3n) is 3.39. The summed E-state index contributed by atoms with van der Waals surface area (Å²) in [6.07, 6.45) is 7.48. The Labute approximate surface area is 108 Å². The zero-order valence-electron chi connectivity index (χ0n) is 11.1. The van der Waals surface area contributed by atoms with Gasteiger partial charge in [-0.25, -0.2) is 0 Å². The molecule has 1 aliphatic heterocycles. The van der Waals surface area contributed by atoms with Crippen LogP contribution in [0.15, 0.2) is 12.2 Å². The van der Waals surface area contributed by atoms with Gasteiger partial charge in [-0.05, 0) is 19.3 Å². The lowest BCUT2D eigenvalue weighted by Gasteiger charge is -2.31. The number of unbranched alkanes of at least 4 members (excludes halogenated alkanes) is 1. The fourth-order valence-corrected chi connectivity index (χ4v) is 2.31. The number of allylic oxidation sites excluding steroid dienone is 1. The van der Waals surface area contributed by atoms with Crippen LogP contribution in [-0.2, 0) is 14.3 Å². The molecule has 1 aliphatic rings. The number of nitrogens with one attached hydrogen (secondary N) is 1. The van der Waals surface area contributed by atoms with E-state index in [1.807, 2.05) is 6.08 Å². The van der Waals surface area contributed by atoms with Gasteiger partial charge in [0.25, 0.3) is 0 Å². The molecule has 5 nitrogen and oxygen atoms in total. The molecule has 0 saturated carbocycles. The number of carboxylic acids is 1. The molecular weight excluding hydrogens is 234 g/mol. The van der Waals surface area contributed by atoms with Crippen molar-refractivity contribution in [3.05, 3.63) is 12.2 Å². The van der Waals surface area contributed by atoms with Crippen molar-refractivity contribution in [3.63, 3.8) is 0 Å². The van der Waals surface area contributed by atoms with E-state index in [4.69, 9.17) is 14.6 Å². The smallest absolute Gasteiger partial charge is 0.303 e. The molecule has 1 atom stereocenters. The maximum Gasteiger partial charge on any atom is 0.303 e. The lowest BCUT2D eigenvalue weighted by molar-refractivity contribution is -0.210. The molecule has 5 heteroatoms. The third kappa shape index (κ3) is 4.08. The molecular formula is C13H23NO4. The second-order valence-corrected chi connectivity index (χ2v) is 4.47. The largest absolute Gasteiger partial charge is 0.481 e.